The van der Waals surface area contributed by atoms with E-state index in [9.17, 15) is 9.59 Å². The minimum Gasteiger partial charge on any atom is -0.496 e. The van der Waals surface area contributed by atoms with Crippen molar-refractivity contribution in [3.05, 3.63) is 65.4 Å². The zero-order valence-corrected chi connectivity index (χ0v) is 17.1. The zero-order valence-electron chi connectivity index (χ0n) is 17.1. The number of benzene rings is 2. The summed E-state index contributed by atoms with van der Waals surface area (Å²) in [6.07, 6.45) is 0. The van der Waals surface area contributed by atoms with E-state index in [1.54, 1.807) is 20.3 Å². The van der Waals surface area contributed by atoms with Gasteiger partial charge < -0.3 is 19.1 Å². The van der Waals surface area contributed by atoms with Gasteiger partial charge in [0, 0.05) is 24.2 Å². The molecule has 0 bridgehead atoms. The number of para-hydroxylation sites is 2. The van der Waals surface area contributed by atoms with Gasteiger partial charge in [0.1, 0.15) is 17.2 Å². The molecule has 1 saturated heterocycles. The van der Waals surface area contributed by atoms with Crippen molar-refractivity contribution in [3.8, 4) is 11.5 Å². The van der Waals surface area contributed by atoms with Crippen LogP contribution in [0.2, 0.25) is 0 Å². The molecule has 0 aliphatic carbocycles. The number of imide groups is 1. The highest BCUT2D eigenvalue weighted by molar-refractivity contribution is 6.35. The maximum atomic E-state index is 13.5. The van der Waals surface area contributed by atoms with E-state index < -0.39 is 0 Å². The summed E-state index contributed by atoms with van der Waals surface area (Å²) in [5.74, 6) is 0.543. The van der Waals surface area contributed by atoms with Crippen LogP contribution in [0.5, 0.6) is 11.5 Å². The summed E-state index contributed by atoms with van der Waals surface area (Å²) < 4.78 is 16.3. The van der Waals surface area contributed by atoms with Crippen molar-refractivity contribution < 1.29 is 23.8 Å². The van der Waals surface area contributed by atoms with Crippen LogP contribution in [0.25, 0.3) is 5.57 Å². The highest BCUT2D eigenvalue weighted by atomic mass is 16.5. The van der Waals surface area contributed by atoms with Gasteiger partial charge in [0.2, 0.25) is 0 Å². The fourth-order valence-electron chi connectivity index (χ4n) is 3.89. The first-order valence-electron chi connectivity index (χ1n) is 9.84. The Morgan fingerprint density at radius 1 is 0.867 bits per heavy atom. The number of amides is 2. The third kappa shape index (κ3) is 3.52. The van der Waals surface area contributed by atoms with E-state index in [0.29, 0.717) is 54.6 Å². The molecule has 0 saturated carbocycles. The van der Waals surface area contributed by atoms with Crippen molar-refractivity contribution in [3.63, 3.8) is 0 Å². The second-order valence-corrected chi connectivity index (χ2v) is 7.03. The van der Waals surface area contributed by atoms with Crippen LogP contribution >= 0.6 is 0 Å². The molecule has 0 unspecified atom stereocenters. The van der Waals surface area contributed by atoms with Gasteiger partial charge in [-0.25, -0.2) is 0 Å². The van der Waals surface area contributed by atoms with E-state index in [0.717, 1.165) is 5.56 Å². The summed E-state index contributed by atoms with van der Waals surface area (Å²) in [5.41, 5.74) is 2.16. The minimum absolute atomic E-state index is 0.133. The molecule has 2 amide bonds. The number of nitrogens with zero attached hydrogens (tertiary/aromatic N) is 2. The lowest BCUT2D eigenvalue weighted by Gasteiger charge is -2.29. The van der Waals surface area contributed by atoms with Crippen LogP contribution in [0.4, 0.5) is 0 Å². The van der Waals surface area contributed by atoms with Crippen LogP contribution in [0, 0.1) is 0 Å². The molecule has 2 aromatic rings. The normalized spacial score (nSPS) is 17.0. The van der Waals surface area contributed by atoms with E-state index in [2.05, 4.69) is 0 Å². The Labute approximate surface area is 175 Å². The lowest BCUT2D eigenvalue weighted by Crippen LogP contribution is -2.40. The molecule has 0 radical (unpaired) electrons. The number of hydrogen-bond donors (Lipinski definition) is 0. The maximum Gasteiger partial charge on any atom is 0.278 e. The van der Waals surface area contributed by atoms with Gasteiger partial charge in [0.15, 0.2) is 0 Å². The van der Waals surface area contributed by atoms with Crippen molar-refractivity contribution in [2.75, 3.05) is 40.5 Å². The Bertz CT molecular complexity index is 995. The fourth-order valence-corrected chi connectivity index (χ4v) is 3.89. The van der Waals surface area contributed by atoms with Crippen molar-refractivity contribution in [2.24, 2.45) is 0 Å². The lowest BCUT2D eigenvalue weighted by atomic mass is 10.0. The smallest absolute Gasteiger partial charge is 0.278 e. The number of ether oxygens (including phenoxy) is 3. The van der Waals surface area contributed by atoms with Gasteiger partial charge in [0.05, 0.1) is 39.6 Å². The Morgan fingerprint density at radius 3 is 2.20 bits per heavy atom. The average Bonchev–Trinajstić information content (AvgIpc) is 3.04. The van der Waals surface area contributed by atoms with E-state index in [1.807, 2.05) is 47.4 Å². The fraction of sp³-hybridized carbons (Fsp3) is 0.304. The average molecular weight is 408 g/mol. The molecule has 4 rings (SSSR count). The van der Waals surface area contributed by atoms with E-state index >= 15 is 0 Å². The van der Waals surface area contributed by atoms with E-state index in [4.69, 9.17) is 14.2 Å². The molecule has 1 fully saturated rings. The largest absolute Gasteiger partial charge is 0.496 e. The molecule has 30 heavy (non-hydrogen) atoms. The van der Waals surface area contributed by atoms with Crippen LogP contribution in [0.3, 0.4) is 0 Å². The predicted molar refractivity (Wildman–Crippen MR) is 111 cm³/mol. The molecule has 7 nitrogen and oxygen atoms in total. The Balaban J connectivity index is 1.78. The van der Waals surface area contributed by atoms with Gasteiger partial charge >= 0.3 is 0 Å². The number of morpholine rings is 1. The van der Waals surface area contributed by atoms with Crippen molar-refractivity contribution in [1.29, 1.82) is 0 Å². The second-order valence-electron chi connectivity index (χ2n) is 7.03. The molecule has 2 aromatic carbocycles. The first kappa shape index (κ1) is 20.0. The molecular weight excluding hydrogens is 384 g/mol. The van der Waals surface area contributed by atoms with Crippen LogP contribution < -0.4 is 9.47 Å². The third-order valence-corrected chi connectivity index (χ3v) is 5.37. The molecular formula is C23H24N2O5. The van der Waals surface area contributed by atoms with Gasteiger partial charge in [0.25, 0.3) is 11.8 Å². The minimum atomic E-state index is -0.336. The first-order valence-corrected chi connectivity index (χ1v) is 9.84. The van der Waals surface area contributed by atoms with Gasteiger partial charge in [-0.05, 0) is 12.1 Å². The molecule has 0 atom stereocenters. The number of carbonyl (C=O) groups is 2. The van der Waals surface area contributed by atoms with Crippen LogP contribution in [-0.2, 0) is 20.9 Å². The SMILES string of the molecule is COc1ccccc1CN1C(=O)C(c2ccccc2OC)=C(N2CCOCC2)C1=O. The summed E-state index contributed by atoms with van der Waals surface area (Å²) in [4.78, 5) is 30.2. The van der Waals surface area contributed by atoms with Crippen molar-refractivity contribution in [1.82, 2.24) is 9.80 Å². The Morgan fingerprint density at radius 2 is 1.50 bits per heavy atom. The highest BCUT2D eigenvalue weighted by Crippen LogP contribution is 2.37. The molecule has 0 spiro atoms. The van der Waals surface area contributed by atoms with Gasteiger partial charge in [-0.3, -0.25) is 14.5 Å². The molecule has 2 aliphatic rings. The summed E-state index contributed by atoms with van der Waals surface area (Å²) in [6.45, 7) is 2.26. The lowest BCUT2D eigenvalue weighted by molar-refractivity contribution is -0.138. The zero-order chi connectivity index (χ0) is 21.1. The molecule has 2 aliphatic heterocycles. The standard InChI is InChI=1S/C23H24N2O5/c1-28-18-9-5-3-7-16(18)15-25-22(26)20(17-8-4-6-10-19(17)29-2)21(23(25)27)24-11-13-30-14-12-24/h3-10H,11-15H2,1-2H3. The Hall–Kier alpha value is -3.32. The Kier molecular flexibility index (Phi) is 5.72. The molecule has 7 heteroatoms. The quantitative estimate of drug-likeness (QED) is 0.684. The third-order valence-electron chi connectivity index (χ3n) is 5.37. The molecule has 2 heterocycles. The monoisotopic (exact) mass is 408 g/mol. The van der Waals surface area contributed by atoms with Gasteiger partial charge in [-0.2, -0.15) is 0 Å². The topological polar surface area (TPSA) is 68.3 Å². The summed E-state index contributed by atoms with van der Waals surface area (Å²) >= 11 is 0. The highest BCUT2D eigenvalue weighted by Gasteiger charge is 2.42. The summed E-state index contributed by atoms with van der Waals surface area (Å²) in [5, 5.41) is 0. The van der Waals surface area contributed by atoms with E-state index in [1.165, 1.54) is 4.90 Å². The molecule has 156 valence electrons. The maximum absolute atomic E-state index is 13.5. The van der Waals surface area contributed by atoms with Crippen LogP contribution in [0.1, 0.15) is 11.1 Å². The van der Waals surface area contributed by atoms with Crippen LogP contribution in [-0.4, -0.2) is 62.1 Å². The second kappa shape index (κ2) is 8.59. The number of rotatable bonds is 6. The van der Waals surface area contributed by atoms with E-state index in [-0.39, 0.29) is 18.4 Å². The van der Waals surface area contributed by atoms with Crippen LogP contribution in [0.15, 0.2) is 54.2 Å². The molecule has 0 N–H and O–H groups in total. The van der Waals surface area contributed by atoms with Gasteiger partial charge in [-0.1, -0.05) is 36.4 Å². The number of methoxy groups -OCH3 is 2. The summed E-state index contributed by atoms with van der Waals surface area (Å²) in [6, 6.07) is 14.7. The molecule has 0 aromatic heterocycles. The first-order chi connectivity index (χ1) is 14.7. The summed E-state index contributed by atoms with van der Waals surface area (Å²) in [7, 11) is 3.13. The number of hydrogen-bond acceptors (Lipinski definition) is 6. The van der Waals surface area contributed by atoms with Crippen molar-refractivity contribution in [2.45, 2.75) is 6.54 Å². The number of carbonyl (C=O) groups excluding carboxylic acids is 2. The van der Waals surface area contributed by atoms with Crippen molar-refractivity contribution >= 4 is 17.4 Å². The van der Waals surface area contributed by atoms with Gasteiger partial charge in [-0.15, -0.1) is 0 Å². The predicted octanol–water partition coefficient (Wildman–Crippen LogP) is 2.32.